The molecule has 0 bridgehead atoms. The number of anilines is 2. The lowest BCUT2D eigenvalue weighted by Gasteiger charge is -2.20. The predicted octanol–water partition coefficient (Wildman–Crippen LogP) is 2.69. The van der Waals surface area contributed by atoms with Gasteiger partial charge in [0.2, 0.25) is 0 Å². The molecule has 0 aliphatic rings. The van der Waals surface area contributed by atoms with Gasteiger partial charge in [-0.05, 0) is 36.4 Å². The van der Waals surface area contributed by atoms with Crippen LogP contribution in [0.5, 0.6) is 0 Å². The van der Waals surface area contributed by atoms with E-state index in [0.29, 0.717) is 0 Å². The van der Waals surface area contributed by atoms with E-state index in [1.165, 1.54) is 37.4 Å². The molecule has 0 fully saturated rings. The molecular formula is C14H15FN2O2S. The van der Waals surface area contributed by atoms with Crippen LogP contribution < -0.4 is 9.62 Å². The molecule has 0 heterocycles. The van der Waals surface area contributed by atoms with Crippen LogP contribution in [0.2, 0.25) is 0 Å². The Hall–Kier alpha value is -2.08. The maximum Gasteiger partial charge on any atom is 0.264 e. The number of nitrogens with zero attached hydrogens (tertiary/aromatic N) is 1. The van der Waals surface area contributed by atoms with Crippen molar-refractivity contribution in [2.75, 3.05) is 23.7 Å². The fourth-order valence-corrected chi connectivity index (χ4v) is 2.99. The van der Waals surface area contributed by atoms with Gasteiger partial charge in [-0.15, -0.1) is 0 Å². The Morgan fingerprint density at radius 3 is 2.20 bits per heavy atom. The molecule has 2 rings (SSSR count). The van der Waals surface area contributed by atoms with Crippen LogP contribution in [0.3, 0.4) is 0 Å². The van der Waals surface area contributed by atoms with Gasteiger partial charge in [-0.3, -0.25) is 4.31 Å². The summed E-state index contributed by atoms with van der Waals surface area (Å²) in [6.45, 7) is 0. The molecule has 106 valence electrons. The van der Waals surface area contributed by atoms with E-state index in [2.05, 4.69) is 5.32 Å². The van der Waals surface area contributed by atoms with Gasteiger partial charge in [0, 0.05) is 19.8 Å². The number of nitrogens with one attached hydrogen (secondary N) is 1. The molecule has 6 heteroatoms. The summed E-state index contributed by atoms with van der Waals surface area (Å²) in [5.74, 6) is -0.578. The summed E-state index contributed by atoms with van der Waals surface area (Å²) in [6, 6.07) is 12.0. The predicted molar refractivity (Wildman–Crippen MR) is 78.0 cm³/mol. The lowest BCUT2D eigenvalue weighted by Crippen LogP contribution is -2.27. The summed E-state index contributed by atoms with van der Waals surface area (Å²) in [5, 5.41) is 2.91. The van der Waals surface area contributed by atoms with E-state index in [1.807, 2.05) is 0 Å². The van der Waals surface area contributed by atoms with Crippen molar-refractivity contribution >= 4 is 21.4 Å². The fraction of sp³-hybridized carbons (Fsp3) is 0.143. The Labute approximate surface area is 117 Å². The maximum absolute atomic E-state index is 13.7. The minimum absolute atomic E-state index is 0.0187. The third-order valence-electron chi connectivity index (χ3n) is 2.99. The van der Waals surface area contributed by atoms with Gasteiger partial charge in [-0.25, -0.2) is 12.8 Å². The van der Waals surface area contributed by atoms with E-state index in [0.717, 1.165) is 9.99 Å². The average molecular weight is 294 g/mol. The van der Waals surface area contributed by atoms with E-state index in [1.54, 1.807) is 25.2 Å². The number of benzene rings is 2. The molecule has 0 radical (unpaired) electrons. The van der Waals surface area contributed by atoms with Crippen molar-refractivity contribution in [2.45, 2.75) is 4.90 Å². The Morgan fingerprint density at radius 2 is 1.65 bits per heavy atom. The van der Waals surface area contributed by atoms with Crippen molar-refractivity contribution in [3.05, 3.63) is 54.3 Å². The molecule has 1 N–H and O–H groups in total. The summed E-state index contributed by atoms with van der Waals surface area (Å²) in [6.07, 6.45) is 0. The van der Waals surface area contributed by atoms with Gasteiger partial charge < -0.3 is 5.32 Å². The average Bonchev–Trinajstić information content (AvgIpc) is 2.47. The SMILES string of the molecule is CNc1ccc(S(=O)(=O)N(C)c2ccccc2F)cc1. The van der Waals surface area contributed by atoms with Gasteiger partial charge >= 0.3 is 0 Å². The van der Waals surface area contributed by atoms with Crippen molar-refractivity contribution in [3.8, 4) is 0 Å². The monoisotopic (exact) mass is 294 g/mol. The first kappa shape index (κ1) is 14.3. The van der Waals surface area contributed by atoms with E-state index < -0.39 is 15.8 Å². The first-order chi connectivity index (χ1) is 9.46. The van der Waals surface area contributed by atoms with Gasteiger partial charge in [-0.2, -0.15) is 0 Å². The number of hydrogen-bond acceptors (Lipinski definition) is 3. The molecule has 0 saturated heterocycles. The normalized spacial score (nSPS) is 11.2. The summed E-state index contributed by atoms with van der Waals surface area (Å²) >= 11 is 0. The third kappa shape index (κ3) is 2.60. The topological polar surface area (TPSA) is 49.4 Å². The molecule has 20 heavy (non-hydrogen) atoms. The largest absolute Gasteiger partial charge is 0.388 e. The summed E-state index contributed by atoms with van der Waals surface area (Å²) in [5.41, 5.74) is 0.822. The van der Waals surface area contributed by atoms with Gasteiger partial charge in [0.1, 0.15) is 5.82 Å². The van der Waals surface area contributed by atoms with Gasteiger partial charge in [0.25, 0.3) is 10.0 Å². The summed E-state index contributed by atoms with van der Waals surface area (Å²) in [4.78, 5) is 0.113. The van der Waals surface area contributed by atoms with Crippen LogP contribution in [0.25, 0.3) is 0 Å². The zero-order valence-electron chi connectivity index (χ0n) is 11.2. The van der Waals surface area contributed by atoms with E-state index in [9.17, 15) is 12.8 Å². The number of sulfonamides is 1. The number of rotatable bonds is 4. The zero-order chi connectivity index (χ0) is 14.8. The maximum atomic E-state index is 13.7. The molecule has 0 aromatic heterocycles. The first-order valence-corrected chi connectivity index (χ1v) is 7.42. The summed E-state index contributed by atoms with van der Waals surface area (Å²) < 4.78 is 39.5. The first-order valence-electron chi connectivity index (χ1n) is 5.98. The van der Waals surface area contributed by atoms with Crippen molar-refractivity contribution in [1.82, 2.24) is 0 Å². The summed E-state index contributed by atoms with van der Waals surface area (Å²) in [7, 11) is -0.696. The third-order valence-corrected chi connectivity index (χ3v) is 4.78. The van der Waals surface area contributed by atoms with Gasteiger partial charge in [-0.1, -0.05) is 12.1 Å². The highest BCUT2D eigenvalue weighted by Crippen LogP contribution is 2.25. The molecular weight excluding hydrogens is 279 g/mol. The molecule has 2 aromatic rings. The van der Waals surface area contributed by atoms with E-state index in [4.69, 9.17) is 0 Å². The van der Waals surface area contributed by atoms with Crippen molar-refractivity contribution in [1.29, 1.82) is 0 Å². The van der Waals surface area contributed by atoms with Crippen LogP contribution >= 0.6 is 0 Å². The second-order valence-electron chi connectivity index (χ2n) is 4.20. The van der Waals surface area contributed by atoms with Crippen LogP contribution in [0, 0.1) is 5.82 Å². The molecule has 0 aliphatic carbocycles. The van der Waals surface area contributed by atoms with Crippen LogP contribution in [-0.4, -0.2) is 22.5 Å². The van der Waals surface area contributed by atoms with Crippen LogP contribution in [-0.2, 0) is 10.0 Å². The number of halogens is 1. The smallest absolute Gasteiger partial charge is 0.264 e. The van der Waals surface area contributed by atoms with Crippen molar-refractivity contribution in [2.24, 2.45) is 0 Å². The Kier molecular flexibility index (Phi) is 3.94. The van der Waals surface area contributed by atoms with Crippen LogP contribution in [0.15, 0.2) is 53.4 Å². The van der Waals surface area contributed by atoms with E-state index in [-0.39, 0.29) is 10.6 Å². The van der Waals surface area contributed by atoms with Gasteiger partial charge in [0.05, 0.1) is 10.6 Å². The van der Waals surface area contributed by atoms with Gasteiger partial charge in [0.15, 0.2) is 0 Å². The lowest BCUT2D eigenvalue weighted by atomic mass is 10.3. The second-order valence-corrected chi connectivity index (χ2v) is 6.17. The number of hydrogen-bond donors (Lipinski definition) is 1. The minimum atomic E-state index is -3.77. The molecule has 0 spiro atoms. The minimum Gasteiger partial charge on any atom is -0.388 e. The highest BCUT2D eigenvalue weighted by atomic mass is 32.2. The molecule has 0 saturated carbocycles. The van der Waals surface area contributed by atoms with Crippen molar-refractivity contribution < 1.29 is 12.8 Å². The Morgan fingerprint density at radius 1 is 1.05 bits per heavy atom. The second kappa shape index (κ2) is 5.50. The van der Waals surface area contributed by atoms with Crippen LogP contribution in [0.4, 0.5) is 15.8 Å². The Bertz CT molecular complexity index is 699. The molecule has 2 aromatic carbocycles. The molecule has 0 atom stereocenters. The van der Waals surface area contributed by atoms with E-state index >= 15 is 0 Å². The fourth-order valence-electron chi connectivity index (χ4n) is 1.79. The Balaban J connectivity index is 2.41. The molecule has 0 amide bonds. The molecule has 4 nitrogen and oxygen atoms in total. The molecule has 0 unspecified atom stereocenters. The standard InChI is InChI=1S/C14H15FN2O2S/c1-16-11-7-9-12(10-8-11)20(18,19)17(2)14-6-4-3-5-13(14)15/h3-10,16H,1-2H3. The highest BCUT2D eigenvalue weighted by molar-refractivity contribution is 7.92. The quantitative estimate of drug-likeness (QED) is 0.943. The van der Waals surface area contributed by atoms with Crippen molar-refractivity contribution in [3.63, 3.8) is 0 Å². The zero-order valence-corrected chi connectivity index (χ0v) is 12.0. The lowest BCUT2D eigenvalue weighted by molar-refractivity contribution is 0.589. The van der Waals surface area contributed by atoms with Crippen LogP contribution in [0.1, 0.15) is 0 Å². The molecule has 0 aliphatic heterocycles. The number of para-hydroxylation sites is 1. The highest BCUT2D eigenvalue weighted by Gasteiger charge is 2.23.